The molecule has 0 aromatic heterocycles. The van der Waals surface area contributed by atoms with Crippen molar-refractivity contribution in [1.29, 1.82) is 0 Å². The fraction of sp³-hybridized carbons (Fsp3) is 0.286. The third-order valence-electron chi connectivity index (χ3n) is 8.01. The molecule has 0 aliphatic rings. The van der Waals surface area contributed by atoms with E-state index in [1.807, 2.05) is 66.7 Å². The highest BCUT2D eigenvalue weighted by Gasteiger charge is 2.11. The predicted molar refractivity (Wildman–Crippen MR) is 252 cm³/mol. The lowest BCUT2D eigenvalue weighted by Crippen LogP contribution is -2.08. The minimum absolute atomic E-state index is 0.0105. The number of aldehydes is 1. The predicted octanol–water partition coefficient (Wildman–Crippen LogP) is 12.4. The van der Waals surface area contributed by atoms with Crippen LogP contribution in [0.2, 0.25) is 0 Å². The number of carbonyl (C=O) groups excluding carboxylic acids is 1. The van der Waals surface area contributed by atoms with Gasteiger partial charge in [-0.15, -0.1) is 0 Å². The SMILES string of the molecule is C=Cc1ccccc1C(C=O)=NNc1c(C#Cc2cc(C#CC(C)(C)C)cc(C#CC(C)(C)C)c2)cccc1C#Cc1cc(C#CC(C)(C)C)cc(C=CC(C)(C)C)c1. The highest BCUT2D eigenvalue weighted by molar-refractivity contribution is 6.37. The van der Waals surface area contributed by atoms with E-state index in [2.05, 4.69) is 184 Å². The van der Waals surface area contributed by atoms with Crippen LogP contribution >= 0.6 is 0 Å². The van der Waals surface area contributed by atoms with Crippen molar-refractivity contribution < 1.29 is 4.79 Å². The van der Waals surface area contributed by atoms with Crippen molar-refractivity contribution in [1.82, 2.24) is 0 Å². The van der Waals surface area contributed by atoms with Gasteiger partial charge in [0.1, 0.15) is 5.71 Å². The van der Waals surface area contributed by atoms with Crippen LogP contribution in [0.25, 0.3) is 12.2 Å². The van der Waals surface area contributed by atoms with Crippen molar-refractivity contribution in [2.45, 2.75) is 83.1 Å². The summed E-state index contributed by atoms with van der Waals surface area (Å²) in [7, 11) is 0. The molecule has 0 amide bonds. The van der Waals surface area contributed by atoms with Gasteiger partial charge in [0.15, 0.2) is 6.29 Å². The number of hydrogen-bond donors (Lipinski definition) is 1. The van der Waals surface area contributed by atoms with Crippen LogP contribution in [0.3, 0.4) is 0 Å². The van der Waals surface area contributed by atoms with Gasteiger partial charge in [-0.25, -0.2) is 0 Å². The van der Waals surface area contributed by atoms with Crippen LogP contribution in [-0.4, -0.2) is 12.0 Å². The lowest BCUT2D eigenvalue weighted by atomic mass is 9.94. The molecule has 59 heavy (non-hydrogen) atoms. The van der Waals surface area contributed by atoms with E-state index in [1.165, 1.54) is 0 Å². The fourth-order valence-corrected chi connectivity index (χ4v) is 5.20. The molecule has 0 saturated heterocycles. The molecule has 0 unspecified atom stereocenters. The maximum Gasteiger partial charge on any atom is 0.170 e. The Morgan fingerprint density at radius 3 is 1.46 bits per heavy atom. The summed E-state index contributed by atoms with van der Waals surface area (Å²) < 4.78 is 0. The molecule has 296 valence electrons. The molecule has 1 N–H and O–H groups in total. The zero-order valence-electron chi connectivity index (χ0n) is 36.9. The molecule has 0 heterocycles. The van der Waals surface area contributed by atoms with Crippen LogP contribution in [-0.2, 0) is 4.79 Å². The zero-order chi connectivity index (χ0) is 43.4. The number of nitrogens with one attached hydrogen (secondary N) is 1. The molecule has 0 aliphatic carbocycles. The van der Waals surface area contributed by atoms with E-state index >= 15 is 0 Å². The van der Waals surface area contributed by atoms with Gasteiger partial charge in [-0.05, 0) is 127 Å². The molecule has 0 aliphatic heterocycles. The zero-order valence-corrected chi connectivity index (χ0v) is 36.9. The lowest BCUT2D eigenvalue weighted by molar-refractivity contribution is -0.102. The highest BCUT2D eigenvalue weighted by Crippen LogP contribution is 2.24. The molecule has 0 atom stereocenters. The first-order valence-corrected chi connectivity index (χ1v) is 19.9. The molecular weight excluding hydrogens is 717 g/mol. The molecule has 0 saturated carbocycles. The van der Waals surface area contributed by atoms with E-state index < -0.39 is 0 Å². The van der Waals surface area contributed by atoms with Crippen LogP contribution in [0.5, 0.6) is 0 Å². The second kappa shape index (κ2) is 19.2. The molecule has 3 nitrogen and oxygen atoms in total. The van der Waals surface area contributed by atoms with Crippen molar-refractivity contribution in [2.75, 3.05) is 5.43 Å². The number of nitrogens with zero attached hydrogens (tertiary/aromatic N) is 1. The van der Waals surface area contributed by atoms with Crippen LogP contribution in [0.4, 0.5) is 5.69 Å². The Kier molecular flexibility index (Phi) is 14.6. The van der Waals surface area contributed by atoms with Gasteiger partial charge in [-0.1, -0.05) is 135 Å². The lowest BCUT2D eigenvalue weighted by Gasteiger charge is -2.11. The number of allylic oxidation sites excluding steroid dienone is 1. The van der Waals surface area contributed by atoms with Gasteiger partial charge in [0.25, 0.3) is 0 Å². The topological polar surface area (TPSA) is 41.5 Å². The van der Waals surface area contributed by atoms with E-state index in [9.17, 15) is 4.79 Å². The maximum absolute atomic E-state index is 12.5. The minimum atomic E-state index is -0.167. The summed E-state index contributed by atoms with van der Waals surface area (Å²) in [5.41, 5.74) is 11.4. The minimum Gasteiger partial charge on any atom is -0.296 e. The van der Waals surface area contributed by atoms with Crippen molar-refractivity contribution in [3.63, 3.8) is 0 Å². The third-order valence-corrected chi connectivity index (χ3v) is 8.01. The van der Waals surface area contributed by atoms with Gasteiger partial charge in [0.2, 0.25) is 0 Å². The number of para-hydroxylation sites is 1. The quantitative estimate of drug-likeness (QED) is 0.0918. The van der Waals surface area contributed by atoms with Crippen molar-refractivity contribution in [2.24, 2.45) is 26.8 Å². The van der Waals surface area contributed by atoms with E-state index in [0.29, 0.717) is 22.4 Å². The van der Waals surface area contributed by atoms with Gasteiger partial charge >= 0.3 is 0 Å². The number of rotatable bonds is 6. The van der Waals surface area contributed by atoms with Crippen molar-refractivity contribution in [3.8, 4) is 59.2 Å². The Balaban J connectivity index is 1.94. The van der Waals surface area contributed by atoms with Crippen LogP contribution in [0, 0.1) is 80.9 Å². The van der Waals surface area contributed by atoms with E-state index in [4.69, 9.17) is 0 Å². The summed E-state index contributed by atoms with van der Waals surface area (Å²) in [5, 5.41) is 4.62. The largest absolute Gasteiger partial charge is 0.296 e. The van der Waals surface area contributed by atoms with Gasteiger partial charge in [0, 0.05) is 49.6 Å². The molecule has 3 heteroatoms. The summed E-state index contributed by atoms with van der Waals surface area (Å²) in [4.78, 5) is 12.5. The molecule has 0 fully saturated rings. The number of hydrazone groups is 1. The average Bonchev–Trinajstić information content (AvgIpc) is 3.15. The monoisotopic (exact) mass is 772 g/mol. The maximum atomic E-state index is 12.5. The van der Waals surface area contributed by atoms with E-state index in [-0.39, 0.29) is 27.4 Å². The van der Waals surface area contributed by atoms with Crippen molar-refractivity contribution >= 4 is 29.8 Å². The summed E-state index contributed by atoms with van der Waals surface area (Å²) in [5.74, 6) is 33.6. The Morgan fingerprint density at radius 1 is 0.576 bits per heavy atom. The van der Waals surface area contributed by atoms with Gasteiger partial charge in [-0.2, -0.15) is 5.10 Å². The highest BCUT2D eigenvalue weighted by atomic mass is 16.1. The van der Waals surface area contributed by atoms with Crippen LogP contribution in [0.1, 0.15) is 139 Å². The van der Waals surface area contributed by atoms with Gasteiger partial charge < -0.3 is 0 Å². The Hall–Kier alpha value is -6.70. The number of anilines is 1. The summed E-state index contributed by atoms with van der Waals surface area (Å²) in [6, 6.07) is 25.4. The molecule has 0 bridgehead atoms. The smallest absolute Gasteiger partial charge is 0.170 e. The first kappa shape index (κ1) is 45.0. The summed E-state index contributed by atoms with van der Waals surface area (Å²) >= 11 is 0. The first-order valence-electron chi connectivity index (χ1n) is 19.9. The summed E-state index contributed by atoms with van der Waals surface area (Å²) in [6.07, 6.45) is 6.74. The number of benzene rings is 4. The Labute approximate surface area is 354 Å². The Morgan fingerprint density at radius 2 is 1.02 bits per heavy atom. The average molecular weight is 773 g/mol. The van der Waals surface area contributed by atoms with Gasteiger partial charge in [0.05, 0.1) is 16.8 Å². The normalized spacial score (nSPS) is 11.6. The molecule has 4 aromatic carbocycles. The number of carbonyl (C=O) groups is 1. The Bertz CT molecular complexity index is 2560. The van der Waals surface area contributed by atoms with Crippen LogP contribution in [0.15, 0.2) is 96.6 Å². The molecule has 4 aromatic rings. The molecule has 0 spiro atoms. The van der Waals surface area contributed by atoms with Crippen LogP contribution < -0.4 is 5.43 Å². The molecular formula is C56H56N2O. The van der Waals surface area contributed by atoms with E-state index in [1.54, 1.807) is 6.08 Å². The standard InChI is InChI=1S/C56H56N2O/c1-14-47-18-15-16-21-50(47)51(40-59)57-58-52-48(24-22-41-34-43(26-30-53(2,3)4)38-44(35-41)27-31-54(5,6)7)19-17-20-49(52)25-23-42-36-45(28-32-55(8,9)10)39-46(37-42)29-33-56(11,12)13/h14-21,26,30,34-40,58H,1H2,2-13H3. The second-order valence-electron chi connectivity index (χ2n) is 18.6. The van der Waals surface area contributed by atoms with E-state index in [0.717, 1.165) is 45.2 Å². The molecule has 0 radical (unpaired) electrons. The third kappa shape index (κ3) is 15.6. The fourth-order valence-electron chi connectivity index (χ4n) is 5.20. The van der Waals surface area contributed by atoms with Crippen molar-refractivity contribution in [3.05, 3.63) is 147 Å². The second-order valence-corrected chi connectivity index (χ2v) is 18.6. The summed E-state index contributed by atoms with van der Waals surface area (Å²) in [6.45, 7) is 29.3. The first-order chi connectivity index (χ1) is 27.6. The number of hydrogen-bond acceptors (Lipinski definition) is 3. The van der Waals surface area contributed by atoms with Gasteiger partial charge in [-0.3, -0.25) is 10.2 Å². The molecule has 4 rings (SSSR count).